The third-order valence-corrected chi connectivity index (χ3v) is 2.83. The van der Waals surface area contributed by atoms with E-state index < -0.39 is 25.1 Å². The van der Waals surface area contributed by atoms with Gasteiger partial charge in [0.05, 0.1) is 18.5 Å². The first-order chi connectivity index (χ1) is 9.52. The summed E-state index contributed by atoms with van der Waals surface area (Å²) in [5.41, 5.74) is 5.29. The second kappa shape index (κ2) is 10.6. The van der Waals surface area contributed by atoms with E-state index in [0.717, 1.165) is 0 Å². The Balaban J connectivity index is 0.00000172. The fourth-order valence-corrected chi connectivity index (χ4v) is 1.90. The van der Waals surface area contributed by atoms with Crippen molar-refractivity contribution < 1.29 is 24.4 Å². The fraction of sp³-hybridized carbons (Fsp3) is 0.833. The molecule has 8 heteroatoms. The van der Waals surface area contributed by atoms with Crippen LogP contribution in [0.3, 0.4) is 0 Å². The van der Waals surface area contributed by atoms with Gasteiger partial charge in [-0.25, -0.2) is 0 Å². The molecule has 0 radical (unpaired) electrons. The highest BCUT2D eigenvalue weighted by atomic mass is 16.5. The monoisotopic (exact) mass is 288 g/mol. The molecular weight excluding hydrogens is 263 g/mol. The van der Waals surface area contributed by atoms with Crippen LogP contribution in [0.4, 0.5) is 0 Å². The van der Waals surface area contributed by atoms with E-state index >= 15 is 0 Å². The van der Waals surface area contributed by atoms with E-state index in [1.807, 2.05) is 13.8 Å². The van der Waals surface area contributed by atoms with Gasteiger partial charge in [-0.1, -0.05) is 13.8 Å². The maximum Gasteiger partial charge on any atom is 0.478 e. The number of rotatable bonds is 6. The summed E-state index contributed by atoms with van der Waals surface area (Å²) >= 11 is 0. The molecule has 1 aliphatic rings. The molecule has 2 unspecified atom stereocenters. The molecule has 1 rings (SSSR count). The normalized spacial score (nSPS) is 21.7. The van der Waals surface area contributed by atoms with Crippen LogP contribution in [0.15, 0.2) is 0 Å². The van der Waals surface area contributed by atoms with Gasteiger partial charge in [-0.3, -0.25) is 9.59 Å². The SMILES string of the molecule is CC.NCCCC(=O)NC1CCC(CC(=O)O)OB1O. The number of carbonyl (C=O) groups excluding carboxylic acids is 1. The number of hydrogen-bond acceptors (Lipinski definition) is 5. The van der Waals surface area contributed by atoms with Crippen LogP contribution in [0.5, 0.6) is 0 Å². The van der Waals surface area contributed by atoms with Crippen molar-refractivity contribution in [1.29, 1.82) is 0 Å². The van der Waals surface area contributed by atoms with E-state index in [0.29, 0.717) is 32.2 Å². The van der Waals surface area contributed by atoms with Gasteiger partial charge in [-0.05, 0) is 25.8 Å². The summed E-state index contributed by atoms with van der Waals surface area (Å²) in [7, 11) is -1.15. The Hall–Kier alpha value is -1.12. The van der Waals surface area contributed by atoms with Crippen molar-refractivity contribution in [2.24, 2.45) is 5.73 Å². The first kappa shape index (κ1) is 18.9. The summed E-state index contributed by atoms with van der Waals surface area (Å²) in [5.74, 6) is -1.61. The van der Waals surface area contributed by atoms with Gasteiger partial charge in [0.1, 0.15) is 0 Å². The highest BCUT2D eigenvalue weighted by Crippen LogP contribution is 2.18. The molecule has 2 atom stereocenters. The van der Waals surface area contributed by atoms with Crippen LogP contribution in [-0.2, 0) is 14.2 Å². The van der Waals surface area contributed by atoms with E-state index in [9.17, 15) is 14.6 Å². The van der Waals surface area contributed by atoms with E-state index in [1.54, 1.807) is 0 Å². The highest BCUT2D eigenvalue weighted by molar-refractivity contribution is 6.45. The zero-order chi connectivity index (χ0) is 15.5. The smallest absolute Gasteiger partial charge is 0.478 e. The summed E-state index contributed by atoms with van der Waals surface area (Å²) in [6.07, 6.45) is 1.30. The van der Waals surface area contributed by atoms with E-state index in [2.05, 4.69) is 5.32 Å². The van der Waals surface area contributed by atoms with Crippen molar-refractivity contribution in [3.63, 3.8) is 0 Å². The number of hydrogen-bond donors (Lipinski definition) is 4. The van der Waals surface area contributed by atoms with Crippen LogP contribution in [0, 0.1) is 0 Å². The summed E-state index contributed by atoms with van der Waals surface area (Å²) in [6, 6.07) is 0. The van der Waals surface area contributed by atoms with Crippen molar-refractivity contribution in [2.75, 3.05) is 6.54 Å². The minimum Gasteiger partial charge on any atom is -0.481 e. The summed E-state index contributed by atoms with van der Waals surface area (Å²) in [4.78, 5) is 22.0. The Bertz CT molecular complexity index is 304. The molecule has 0 aromatic heterocycles. The van der Waals surface area contributed by atoms with Crippen LogP contribution in [-0.4, -0.2) is 47.7 Å². The summed E-state index contributed by atoms with van der Waals surface area (Å²) in [6.45, 7) is 4.44. The number of nitrogens with two attached hydrogens (primary N) is 1. The van der Waals surface area contributed by atoms with E-state index in [1.165, 1.54) is 0 Å². The predicted molar refractivity (Wildman–Crippen MR) is 75.9 cm³/mol. The molecule has 0 aromatic carbocycles. The van der Waals surface area contributed by atoms with Crippen molar-refractivity contribution in [3.05, 3.63) is 0 Å². The van der Waals surface area contributed by atoms with Crippen LogP contribution >= 0.6 is 0 Å². The second-order valence-electron chi connectivity index (χ2n) is 4.39. The molecule has 1 heterocycles. The molecule has 20 heavy (non-hydrogen) atoms. The first-order valence-electron chi connectivity index (χ1n) is 7.07. The molecule has 1 aliphatic heterocycles. The lowest BCUT2D eigenvalue weighted by atomic mass is 9.72. The third-order valence-electron chi connectivity index (χ3n) is 2.83. The number of amides is 1. The average molecular weight is 288 g/mol. The molecule has 0 aliphatic carbocycles. The van der Waals surface area contributed by atoms with Crippen LogP contribution in [0.2, 0.25) is 0 Å². The maximum absolute atomic E-state index is 11.4. The second-order valence-corrected chi connectivity index (χ2v) is 4.39. The topological polar surface area (TPSA) is 122 Å². The standard InChI is InChI=1S/C10H19BN2O5.C2H6/c12-5-1-2-9(14)13-8-4-3-7(6-10(15)16)18-11(8)17;1-2/h7-8,17H,1-6,12H2,(H,13,14)(H,15,16);1-2H3. The lowest BCUT2D eigenvalue weighted by Gasteiger charge is -2.30. The van der Waals surface area contributed by atoms with Crippen LogP contribution in [0.25, 0.3) is 0 Å². The largest absolute Gasteiger partial charge is 0.481 e. The van der Waals surface area contributed by atoms with Crippen LogP contribution < -0.4 is 11.1 Å². The molecule has 116 valence electrons. The van der Waals surface area contributed by atoms with Crippen molar-refractivity contribution >= 4 is 19.0 Å². The fourth-order valence-electron chi connectivity index (χ4n) is 1.90. The predicted octanol–water partition coefficient (Wildman–Crippen LogP) is -0.0903. The maximum atomic E-state index is 11.4. The van der Waals surface area contributed by atoms with E-state index in [4.69, 9.17) is 15.5 Å². The molecule has 5 N–H and O–H groups in total. The van der Waals surface area contributed by atoms with Gasteiger partial charge in [-0.15, -0.1) is 0 Å². The van der Waals surface area contributed by atoms with Crippen molar-refractivity contribution in [2.45, 2.75) is 58.0 Å². The summed E-state index contributed by atoms with van der Waals surface area (Å²) < 4.78 is 5.15. The molecule has 1 fully saturated rings. The molecule has 0 aromatic rings. The summed E-state index contributed by atoms with van der Waals surface area (Å²) in [5, 5.41) is 20.9. The number of aliphatic carboxylic acids is 1. The Labute approximate surface area is 120 Å². The molecular formula is C12H25BN2O5. The molecule has 0 saturated carbocycles. The van der Waals surface area contributed by atoms with Gasteiger partial charge in [0, 0.05) is 6.42 Å². The zero-order valence-corrected chi connectivity index (χ0v) is 12.2. The Kier molecular flexibility index (Phi) is 10.1. The Morgan fingerprint density at radius 2 is 2.05 bits per heavy atom. The van der Waals surface area contributed by atoms with Gasteiger partial charge in [0.15, 0.2) is 0 Å². The van der Waals surface area contributed by atoms with Gasteiger partial charge in [0.25, 0.3) is 0 Å². The van der Waals surface area contributed by atoms with Crippen molar-refractivity contribution in [3.8, 4) is 0 Å². The lowest BCUT2D eigenvalue weighted by Crippen LogP contribution is -2.52. The molecule has 1 amide bonds. The molecule has 1 saturated heterocycles. The zero-order valence-electron chi connectivity index (χ0n) is 12.2. The van der Waals surface area contributed by atoms with E-state index in [-0.39, 0.29) is 12.3 Å². The molecule has 7 nitrogen and oxygen atoms in total. The van der Waals surface area contributed by atoms with Gasteiger partial charge < -0.3 is 25.8 Å². The lowest BCUT2D eigenvalue weighted by molar-refractivity contribution is -0.139. The highest BCUT2D eigenvalue weighted by Gasteiger charge is 2.36. The van der Waals surface area contributed by atoms with Crippen LogP contribution in [0.1, 0.15) is 46.0 Å². The first-order valence-corrected chi connectivity index (χ1v) is 7.07. The number of nitrogens with one attached hydrogen (secondary N) is 1. The minimum atomic E-state index is -1.15. The third kappa shape index (κ3) is 7.47. The Morgan fingerprint density at radius 1 is 1.40 bits per heavy atom. The van der Waals surface area contributed by atoms with Gasteiger partial charge >= 0.3 is 13.1 Å². The minimum absolute atomic E-state index is 0.134. The quantitative estimate of drug-likeness (QED) is 0.507. The van der Waals surface area contributed by atoms with Gasteiger partial charge in [-0.2, -0.15) is 0 Å². The van der Waals surface area contributed by atoms with Gasteiger partial charge in [0.2, 0.25) is 5.91 Å². The average Bonchev–Trinajstić information content (AvgIpc) is 2.41. The molecule has 0 bridgehead atoms. The number of carboxylic acid groups (broad SMARTS) is 1. The number of carbonyl (C=O) groups is 2. The van der Waals surface area contributed by atoms with Crippen molar-refractivity contribution in [1.82, 2.24) is 5.32 Å². The number of carboxylic acids is 1. The Morgan fingerprint density at radius 3 is 2.55 bits per heavy atom. The molecule has 0 spiro atoms.